The number of phenols is 1. The van der Waals surface area contributed by atoms with Crippen molar-refractivity contribution in [3.8, 4) is 5.75 Å². The van der Waals surface area contributed by atoms with Crippen LogP contribution < -0.4 is 0 Å². The predicted octanol–water partition coefficient (Wildman–Crippen LogP) is 4.84. The molecule has 2 heteroatoms. The summed E-state index contributed by atoms with van der Waals surface area (Å²) in [6.45, 7) is 6.26. The van der Waals surface area contributed by atoms with Gasteiger partial charge in [0.15, 0.2) is 0 Å². The number of aromatic nitrogens is 1. The Bertz CT molecular complexity index is 820. The van der Waals surface area contributed by atoms with Gasteiger partial charge in [0.2, 0.25) is 0 Å². The van der Waals surface area contributed by atoms with Crippen LogP contribution in [0, 0.1) is 6.92 Å². The van der Waals surface area contributed by atoms with Gasteiger partial charge in [-0.1, -0.05) is 29.8 Å². The molecule has 0 atom stereocenters. The molecule has 1 heterocycles. The second-order valence-corrected chi connectivity index (χ2v) is 5.59. The van der Waals surface area contributed by atoms with Crippen LogP contribution in [0.15, 0.2) is 42.0 Å². The highest BCUT2D eigenvalue weighted by molar-refractivity contribution is 6.09. The van der Waals surface area contributed by atoms with Crippen LogP contribution in [-0.2, 0) is 6.42 Å². The quantitative estimate of drug-likeness (QED) is 0.639. The lowest BCUT2D eigenvalue weighted by atomic mass is 10.0. The number of allylic oxidation sites excluding steroid dienone is 2. The summed E-state index contributed by atoms with van der Waals surface area (Å²) in [5.74, 6) is 0.360. The molecule has 0 saturated heterocycles. The smallest absolute Gasteiger partial charge is 0.121 e. The normalized spacial score (nSPS) is 11.2. The first-order chi connectivity index (χ1) is 9.58. The third-order valence-electron chi connectivity index (χ3n) is 3.82. The molecule has 0 aliphatic rings. The van der Waals surface area contributed by atoms with E-state index in [2.05, 4.69) is 50.0 Å². The molecule has 0 saturated carbocycles. The van der Waals surface area contributed by atoms with E-state index < -0.39 is 0 Å². The Kier molecular flexibility index (Phi) is 3.01. The summed E-state index contributed by atoms with van der Waals surface area (Å²) in [7, 11) is 0. The maximum atomic E-state index is 10.2. The van der Waals surface area contributed by atoms with Crippen molar-refractivity contribution >= 4 is 21.8 Å². The SMILES string of the molecule is CC(C)=CCc1c(O)ccc2c1[nH]c1c(C)cccc12. The summed E-state index contributed by atoms with van der Waals surface area (Å²) in [4.78, 5) is 3.49. The molecule has 0 spiro atoms. The summed E-state index contributed by atoms with van der Waals surface area (Å²) < 4.78 is 0. The molecule has 1 aromatic heterocycles. The fourth-order valence-electron chi connectivity index (χ4n) is 2.70. The molecule has 2 N–H and O–H groups in total. The van der Waals surface area contributed by atoms with Crippen molar-refractivity contribution in [2.45, 2.75) is 27.2 Å². The molecule has 2 nitrogen and oxygen atoms in total. The molecule has 0 aliphatic carbocycles. The van der Waals surface area contributed by atoms with Gasteiger partial charge >= 0.3 is 0 Å². The standard InChI is InChI=1S/C18H19NO/c1-11(2)7-8-15-16(20)10-9-14-13-6-4-5-12(3)17(13)19-18(14)15/h4-7,9-10,19-20H,8H2,1-3H3. The zero-order chi connectivity index (χ0) is 14.3. The Morgan fingerprint density at radius 2 is 1.85 bits per heavy atom. The van der Waals surface area contributed by atoms with Gasteiger partial charge in [-0.05, 0) is 44.9 Å². The number of phenolic OH excluding ortho intramolecular Hbond substituents is 1. The number of aromatic hydroxyl groups is 1. The van der Waals surface area contributed by atoms with Crippen LogP contribution in [-0.4, -0.2) is 10.1 Å². The first-order valence-corrected chi connectivity index (χ1v) is 6.93. The fourth-order valence-corrected chi connectivity index (χ4v) is 2.70. The van der Waals surface area contributed by atoms with Crippen molar-refractivity contribution in [2.75, 3.05) is 0 Å². The molecule has 0 unspecified atom stereocenters. The third kappa shape index (κ3) is 1.97. The monoisotopic (exact) mass is 265 g/mol. The zero-order valence-electron chi connectivity index (χ0n) is 12.1. The van der Waals surface area contributed by atoms with Crippen LogP contribution in [0.2, 0.25) is 0 Å². The third-order valence-corrected chi connectivity index (χ3v) is 3.82. The van der Waals surface area contributed by atoms with Crippen molar-refractivity contribution in [3.05, 3.63) is 53.1 Å². The topological polar surface area (TPSA) is 36.0 Å². The Morgan fingerprint density at radius 1 is 1.10 bits per heavy atom. The number of para-hydroxylation sites is 1. The minimum atomic E-state index is 0.360. The highest BCUT2D eigenvalue weighted by Gasteiger charge is 2.12. The molecule has 20 heavy (non-hydrogen) atoms. The predicted molar refractivity (Wildman–Crippen MR) is 85.3 cm³/mol. The molecule has 3 aromatic rings. The summed E-state index contributed by atoms with van der Waals surface area (Å²) in [5.41, 5.74) is 5.66. The van der Waals surface area contributed by atoms with E-state index in [4.69, 9.17) is 0 Å². The van der Waals surface area contributed by atoms with E-state index in [1.54, 1.807) is 6.07 Å². The minimum Gasteiger partial charge on any atom is -0.508 e. The molecule has 0 amide bonds. The Balaban J connectivity index is 2.34. The molecule has 0 aliphatic heterocycles. The van der Waals surface area contributed by atoms with Crippen LogP contribution in [0.4, 0.5) is 0 Å². The van der Waals surface area contributed by atoms with Gasteiger partial charge in [-0.2, -0.15) is 0 Å². The van der Waals surface area contributed by atoms with E-state index in [9.17, 15) is 5.11 Å². The summed E-state index contributed by atoms with van der Waals surface area (Å²) >= 11 is 0. The molecular formula is C18H19NO. The number of nitrogens with one attached hydrogen (secondary N) is 1. The molecule has 0 fully saturated rings. The summed E-state index contributed by atoms with van der Waals surface area (Å²) in [5, 5.41) is 12.6. The van der Waals surface area contributed by atoms with Crippen LogP contribution in [0.5, 0.6) is 5.75 Å². The average Bonchev–Trinajstić information content (AvgIpc) is 2.77. The number of rotatable bonds is 2. The lowest BCUT2D eigenvalue weighted by Gasteiger charge is -2.04. The number of H-pyrrole nitrogens is 1. The van der Waals surface area contributed by atoms with Crippen molar-refractivity contribution in [1.29, 1.82) is 0 Å². The van der Waals surface area contributed by atoms with E-state index in [0.717, 1.165) is 23.0 Å². The first-order valence-electron chi connectivity index (χ1n) is 6.93. The minimum absolute atomic E-state index is 0.360. The molecule has 0 bridgehead atoms. The lowest BCUT2D eigenvalue weighted by molar-refractivity contribution is 0.471. The maximum absolute atomic E-state index is 10.2. The highest BCUT2D eigenvalue weighted by atomic mass is 16.3. The zero-order valence-corrected chi connectivity index (χ0v) is 12.1. The van der Waals surface area contributed by atoms with Gasteiger partial charge in [0, 0.05) is 21.9 Å². The largest absolute Gasteiger partial charge is 0.508 e. The van der Waals surface area contributed by atoms with E-state index >= 15 is 0 Å². The van der Waals surface area contributed by atoms with E-state index in [1.165, 1.54) is 21.9 Å². The van der Waals surface area contributed by atoms with Crippen molar-refractivity contribution in [3.63, 3.8) is 0 Å². The second-order valence-electron chi connectivity index (χ2n) is 5.59. The first kappa shape index (κ1) is 12.8. The Hall–Kier alpha value is -2.22. The van der Waals surface area contributed by atoms with Gasteiger partial charge in [-0.3, -0.25) is 0 Å². The summed E-state index contributed by atoms with van der Waals surface area (Å²) in [6.07, 6.45) is 2.89. The van der Waals surface area contributed by atoms with Gasteiger partial charge in [0.05, 0.1) is 5.52 Å². The molecular weight excluding hydrogens is 246 g/mol. The van der Waals surface area contributed by atoms with Crippen molar-refractivity contribution < 1.29 is 5.11 Å². The van der Waals surface area contributed by atoms with E-state index in [0.29, 0.717) is 5.75 Å². The van der Waals surface area contributed by atoms with Gasteiger partial charge in [0.1, 0.15) is 5.75 Å². The number of hydrogen-bond donors (Lipinski definition) is 2. The Morgan fingerprint density at radius 3 is 2.60 bits per heavy atom. The van der Waals surface area contributed by atoms with E-state index in [-0.39, 0.29) is 0 Å². The molecule has 2 aromatic carbocycles. The number of aromatic amines is 1. The lowest BCUT2D eigenvalue weighted by Crippen LogP contribution is -1.86. The second kappa shape index (κ2) is 4.71. The van der Waals surface area contributed by atoms with E-state index in [1.807, 2.05) is 6.07 Å². The fraction of sp³-hybridized carbons (Fsp3) is 0.222. The van der Waals surface area contributed by atoms with Crippen molar-refractivity contribution in [1.82, 2.24) is 4.98 Å². The van der Waals surface area contributed by atoms with Gasteiger partial charge in [0.25, 0.3) is 0 Å². The number of benzene rings is 2. The summed E-state index contributed by atoms with van der Waals surface area (Å²) in [6, 6.07) is 10.1. The van der Waals surface area contributed by atoms with Crippen LogP contribution >= 0.6 is 0 Å². The number of fused-ring (bicyclic) bond motifs is 3. The average molecular weight is 265 g/mol. The Labute approximate surface area is 118 Å². The van der Waals surface area contributed by atoms with Crippen molar-refractivity contribution in [2.24, 2.45) is 0 Å². The molecule has 0 radical (unpaired) electrons. The van der Waals surface area contributed by atoms with Crippen LogP contribution in [0.25, 0.3) is 21.8 Å². The van der Waals surface area contributed by atoms with Gasteiger partial charge in [-0.25, -0.2) is 0 Å². The molecule has 102 valence electrons. The van der Waals surface area contributed by atoms with Gasteiger partial charge in [-0.15, -0.1) is 0 Å². The number of hydrogen-bond acceptors (Lipinski definition) is 1. The maximum Gasteiger partial charge on any atom is 0.121 e. The molecule has 3 rings (SSSR count). The van der Waals surface area contributed by atoms with Crippen LogP contribution in [0.1, 0.15) is 25.0 Å². The van der Waals surface area contributed by atoms with Crippen LogP contribution in [0.3, 0.4) is 0 Å². The van der Waals surface area contributed by atoms with Gasteiger partial charge < -0.3 is 10.1 Å². The highest BCUT2D eigenvalue weighted by Crippen LogP contribution is 2.33. The number of aryl methyl sites for hydroxylation is 1.